The number of hydrogen-bond donors (Lipinski definition) is 3. The highest BCUT2D eigenvalue weighted by atomic mass is 35.5. The summed E-state index contributed by atoms with van der Waals surface area (Å²) in [6.45, 7) is 4.40. The number of anilines is 1. The fourth-order valence-corrected chi connectivity index (χ4v) is 3.74. The monoisotopic (exact) mass is 397 g/mol. The predicted octanol–water partition coefficient (Wildman–Crippen LogP) is 2.86. The van der Waals surface area contributed by atoms with Crippen molar-refractivity contribution in [2.45, 2.75) is 25.9 Å². The molecule has 28 heavy (non-hydrogen) atoms. The zero-order valence-electron chi connectivity index (χ0n) is 16.0. The molecule has 0 amide bonds. The topological polar surface area (TPSA) is 81.2 Å². The molecule has 2 aromatic heterocycles. The molecule has 1 aliphatic heterocycles. The zero-order chi connectivity index (χ0) is 19.5. The number of benzene rings is 1. The number of guanidine groups is 1. The maximum atomic E-state index is 6.27. The molecule has 3 N–H and O–H groups in total. The Labute approximate surface area is 169 Å². The van der Waals surface area contributed by atoms with E-state index in [4.69, 9.17) is 11.6 Å². The Hall–Kier alpha value is -2.80. The fourth-order valence-electron chi connectivity index (χ4n) is 3.50. The molecular formula is C20H24ClN7. The van der Waals surface area contributed by atoms with Crippen LogP contribution in [0.2, 0.25) is 5.02 Å². The molecule has 0 spiro atoms. The number of pyridine rings is 1. The third-order valence-electron chi connectivity index (χ3n) is 4.90. The normalized spacial score (nSPS) is 17.3. The lowest BCUT2D eigenvalue weighted by molar-refractivity contribution is 0.645. The quantitative estimate of drug-likeness (QED) is 0.466. The smallest absolute Gasteiger partial charge is 0.191 e. The minimum absolute atomic E-state index is 0.280. The van der Waals surface area contributed by atoms with Crippen LogP contribution < -0.4 is 15.5 Å². The third-order valence-corrected chi connectivity index (χ3v) is 5.20. The molecule has 1 atom stereocenters. The van der Waals surface area contributed by atoms with Crippen LogP contribution in [0.5, 0.6) is 0 Å². The molecule has 0 saturated carbocycles. The molecule has 0 radical (unpaired) electrons. The molecule has 3 heterocycles. The molecule has 1 fully saturated rings. The number of fused-ring (bicyclic) bond motifs is 1. The summed E-state index contributed by atoms with van der Waals surface area (Å²) in [5.41, 5.74) is 3.24. The number of halogens is 1. The van der Waals surface area contributed by atoms with Gasteiger partial charge in [0.15, 0.2) is 5.96 Å². The van der Waals surface area contributed by atoms with Crippen molar-refractivity contribution in [3.05, 3.63) is 52.9 Å². The van der Waals surface area contributed by atoms with Crippen molar-refractivity contribution in [1.29, 1.82) is 0 Å². The Morgan fingerprint density at radius 2 is 2.29 bits per heavy atom. The Bertz CT molecular complexity index is 997. The van der Waals surface area contributed by atoms with Crippen LogP contribution >= 0.6 is 11.6 Å². The average molecular weight is 398 g/mol. The lowest BCUT2D eigenvalue weighted by atomic mass is 10.2. The maximum Gasteiger partial charge on any atom is 0.191 e. The summed E-state index contributed by atoms with van der Waals surface area (Å²) in [6, 6.07) is 10.2. The summed E-state index contributed by atoms with van der Waals surface area (Å²) in [5, 5.41) is 7.51. The van der Waals surface area contributed by atoms with Gasteiger partial charge in [0.2, 0.25) is 0 Å². The molecule has 8 heteroatoms. The van der Waals surface area contributed by atoms with E-state index in [0.29, 0.717) is 11.6 Å². The molecule has 1 aliphatic rings. The van der Waals surface area contributed by atoms with E-state index in [9.17, 15) is 0 Å². The molecular weight excluding hydrogens is 374 g/mol. The van der Waals surface area contributed by atoms with Crippen molar-refractivity contribution >= 4 is 34.4 Å². The number of hydrogen-bond acceptors (Lipinski definition) is 4. The molecule has 1 unspecified atom stereocenters. The number of nitrogens with one attached hydrogen (secondary N) is 3. The Morgan fingerprint density at radius 3 is 3.11 bits per heavy atom. The van der Waals surface area contributed by atoms with Crippen LogP contribution in [0.3, 0.4) is 0 Å². The second-order valence-corrected chi connectivity index (χ2v) is 7.42. The Balaban J connectivity index is 1.34. The van der Waals surface area contributed by atoms with Gasteiger partial charge in [0.1, 0.15) is 11.6 Å². The number of aryl methyl sites for hydroxylation is 1. The number of nitrogens with zero attached hydrogens (tertiary/aromatic N) is 4. The van der Waals surface area contributed by atoms with Crippen LogP contribution in [-0.2, 0) is 6.54 Å². The van der Waals surface area contributed by atoms with Gasteiger partial charge in [-0.2, -0.15) is 0 Å². The van der Waals surface area contributed by atoms with E-state index in [1.54, 1.807) is 13.2 Å². The summed E-state index contributed by atoms with van der Waals surface area (Å²) in [5.74, 6) is 2.49. The minimum Gasteiger partial charge on any atom is -0.353 e. The summed E-state index contributed by atoms with van der Waals surface area (Å²) in [4.78, 5) is 18.9. The van der Waals surface area contributed by atoms with Crippen LogP contribution in [0.15, 0.2) is 41.5 Å². The number of imidazole rings is 1. The minimum atomic E-state index is 0.280. The van der Waals surface area contributed by atoms with Gasteiger partial charge in [0.05, 0.1) is 22.6 Å². The molecule has 0 aliphatic carbocycles. The maximum absolute atomic E-state index is 6.27. The first kappa shape index (κ1) is 18.6. The number of aliphatic imine (C=N–C) groups is 1. The molecule has 146 valence electrons. The van der Waals surface area contributed by atoms with Crippen molar-refractivity contribution in [2.24, 2.45) is 4.99 Å². The van der Waals surface area contributed by atoms with Crippen LogP contribution in [0.4, 0.5) is 5.82 Å². The highest BCUT2D eigenvalue weighted by molar-refractivity contribution is 6.32. The van der Waals surface area contributed by atoms with Gasteiger partial charge in [-0.25, -0.2) is 9.97 Å². The van der Waals surface area contributed by atoms with Crippen LogP contribution in [0.1, 0.15) is 17.8 Å². The Morgan fingerprint density at radius 1 is 1.39 bits per heavy atom. The van der Waals surface area contributed by atoms with Crippen LogP contribution in [-0.4, -0.2) is 47.1 Å². The molecule has 3 aromatic rings. The molecule has 0 bridgehead atoms. The van der Waals surface area contributed by atoms with Crippen molar-refractivity contribution in [3.63, 3.8) is 0 Å². The van der Waals surface area contributed by atoms with E-state index in [1.165, 1.54) is 5.56 Å². The molecule has 4 rings (SSSR count). The van der Waals surface area contributed by atoms with E-state index in [1.807, 2.05) is 18.2 Å². The highest BCUT2D eigenvalue weighted by Crippen LogP contribution is 2.25. The number of aromatic nitrogens is 3. The van der Waals surface area contributed by atoms with Crippen molar-refractivity contribution in [2.75, 3.05) is 25.0 Å². The van der Waals surface area contributed by atoms with Crippen LogP contribution in [0, 0.1) is 6.92 Å². The second-order valence-electron chi connectivity index (χ2n) is 7.01. The zero-order valence-corrected chi connectivity index (χ0v) is 16.8. The van der Waals surface area contributed by atoms with Gasteiger partial charge in [-0.3, -0.25) is 4.99 Å². The number of H-pyrrole nitrogens is 1. The van der Waals surface area contributed by atoms with E-state index < -0.39 is 0 Å². The summed E-state index contributed by atoms with van der Waals surface area (Å²) < 4.78 is 0. The van der Waals surface area contributed by atoms with Crippen molar-refractivity contribution in [1.82, 2.24) is 25.6 Å². The fraction of sp³-hybridized carbons (Fsp3) is 0.350. The Kier molecular flexibility index (Phi) is 5.34. The highest BCUT2D eigenvalue weighted by Gasteiger charge is 2.25. The molecule has 1 saturated heterocycles. The van der Waals surface area contributed by atoms with Gasteiger partial charge in [0.25, 0.3) is 0 Å². The van der Waals surface area contributed by atoms with Gasteiger partial charge in [-0.1, -0.05) is 17.7 Å². The first-order valence-corrected chi connectivity index (χ1v) is 9.78. The summed E-state index contributed by atoms with van der Waals surface area (Å²) >= 11 is 6.27. The first-order chi connectivity index (χ1) is 13.6. The predicted molar refractivity (Wildman–Crippen MR) is 114 cm³/mol. The molecule has 1 aromatic carbocycles. The standard InChI is InChI=1S/C20H24ClN7/c1-13-5-6-16-17(10-13)27-18(26-16)11-24-20(22-2)25-14-7-9-28(12-14)19-15(21)4-3-8-23-19/h3-6,8,10,14H,7,9,11-12H2,1-2H3,(H,26,27)(H2,22,24,25). The van der Waals surface area contributed by atoms with Crippen molar-refractivity contribution < 1.29 is 0 Å². The molecule has 7 nitrogen and oxygen atoms in total. The van der Waals surface area contributed by atoms with Crippen molar-refractivity contribution in [3.8, 4) is 0 Å². The SMILES string of the molecule is CN=C(NCc1nc2ccc(C)cc2[nH]1)NC1CCN(c2ncccc2Cl)C1. The van der Waals surface area contributed by atoms with E-state index in [2.05, 4.69) is 54.5 Å². The van der Waals surface area contributed by atoms with E-state index in [-0.39, 0.29) is 6.04 Å². The third kappa shape index (κ3) is 4.04. The van der Waals surface area contributed by atoms with Gasteiger partial charge >= 0.3 is 0 Å². The second kappa shape index (κ2) is 8.06. The average Bonchev–Trinajstić information content (AvgIpc) is 3.31. The lowest BCUT2D eigenvalue weighted by Crippen LogP contribution is -2.44. The van der Waals surface area contributed by atoms with Gasteiger partial charge in [-0.05, 0) is 43.2 Å². The van der Waals surface area contributed by atoms with E-state index >= 15 is 0 Å². The first-order valence-electron chi connectivity index (χ1n) is 9.40. The summed E-state index contributed by atoms with van der Waals surface area (Å²) in [6.07, 6.45) is 2.77. The van der Waals surface area contributed by atoms with Gasteiger partial charge in [0, 0.05) is 32.4 Å². The van der Waals surface area contributed by atoms with Gasteiger partial charge in [-0.15, -0.1) is 0 Å². The lowest BCUT2D eigenvalue weighted by Gasteiger charge is -2.20. The van der Waals surface area contributed by atoms with Gasteiger partial charge < -0.3 is 20.5 Å². The summed E-state index contributed by atoms with van der Waals surface area (Å²) in [7, 11) is 1.78. The largest absolute Gasteiger partial charge is 0.353 e. The van der Waals surface area contributed by atoms with E-state index in [0.717, 1.165) is 48.1 Å². The number of aromatic amines is 1. The number of rotatable bonds is 4. The van der Waals surface area contributed by atoms with Crippen LogP contribution in [0.25, 0.3) is 11.0 Å².